The van der Waals surface area contributed by atoms with E-state index in [1.54, 1.807) is 6.92 Å². The molecule has 62 valence electrons. The second-order valence-corrected chi connectivity index (χ2v) is 4.98. The summed E-state index contributed by atoms with van der Waals surface area (Å²) in [7, 11) is -3.22. The van der Waals surface area contributed by atoms with E-state index in [2.05, 4.69) is 20.7 Å². The molecule has 10 heavy (non-hydrogen) atoms. The second kappa shape index (κ2) is 4.27. The van der Waals surface area contributed by atoms with Crippen LogP contribution in [0.4, 0.5) is 0 Å². The first-order valence-corrected chi connectivity index (χ1v) is 5.46. The molecule has 6 heteroatoms. The van der Waals surface area contributed by atoms with Gasteiger partial charge in [0.2, 0.25) is 10.0 Å². The summed E-state index contributed by atoms with van der Waals surface area (Å²) in [6.45, 7) is 1.40. The third-order valence-corrected chi connectivity index (χ3v) is 3.66. The number of aliphatic hydroxyl groups is 1. The van der Waals surface area contributed by atoms with Gasteiger partial charge in [-0.1, -0.05) is 15.9 Å². The van der Waals surface area contributed by atoms with E-state index in [4.69, 9.17) is 5.11 Å². The van der Waals surface area contributed by atoms with Crippen molar-refractivity contribution in [3.63, 3.8) is 0 Å². The van der Waals surface area contributed by atoms with Crippen molar-refractivity contribution < 1.29 is 13.5 Å². The van der Waals surface area contributed by atoms with Crippen molar-refractivity contribution in [1.29, 1.82) is 0 Å². The Morgan fingerprint density at radius 1 is 1.70 bits per heavy atom. The Morgan fingerprint density at radius 2 is 2.20 bits per heavy atom. The van der Waals surface area contributed by atoms with Crippen molar-refractivity contribution >= 4 is 26.0 Å². The zero-order valence-electron chi connectivity index (χ0n) is 5.54. The molecule has 1 atom stereocenters. The van der Waals surface area contributed by atoms with Gasteiger partial charge in [0.05, 0.1) is 6.61 Å². The van der Waals surface area contributed by atoms with Crippen molar-refractivity contribution in [2.45, 2.75) is 13.0 Å². The standard InChI is InChI=1S/C4H10BrNO3S/c1-4(2-7)6-10(8,9)3-5/h4,6-7H,2-3H2,1H3/t4-/m1/s1. The molecule has 0 aromatic heterocycles. The highest BCUT2D eigenvalue weighted by Crippen LogP contribution is 1.92. The number of sulfonamides is 1. The lowest BCUT2D eigenvalue weighted by Crippen LogP contribution is -2.35. The third-order valence-electron chi connectivity index (χ3n) is 0.798. The predicted octanol–water partition coefficient (Wildman–Crippen LogP) is -0.361. The number of alkyl halides is 1. The number of nitrogens with one attached hydrogen (secondary N) is 1. The lowest BCUT2D eigenvalue weighted by Gasteiger charge is -2.08. The summed E-state index contributed by atoms with van der Waals surface area (Å²) >= 11 is 2.80. The quantitative estimate of drug-likeness (QED) is 0.650. The Balaban J connectivity index is 3.90. The highest BCUT2D eigenvalue weighted by molar-refractivity contribution is 9.10. The van der Waals surface area contributed by atoms with Gasteiger partial charge in [0.25, 0.3) is 0 Å². The van der Waals surface area contributed by atoms with E-state index >= 15 is 0 Å². The van der Waals surface area contributed by atoms with Gasteiger partial charge in [-0.05, 0) is 6.92 Å². The van der Waals surface area contributed by atoms with Gasteiger partial charge in [-0.15, -0.1) is 0 Å². The van der Waals surface area contributed by atoms with Crippen LogP contribution < -0.4 is 4.72 Å². The van der Waals surface area contributed by atoms with Crippen LogP contribution in [0.15, 0.2) is 0 Å². The molecule has 2 N–H and O–H groups in total. The Morgan fingerprint density at radius 3 is 2.50 bits per heavy atom. The highest BCUT2D eigenvalue weighted by Gasteiger charge is 2.10. The van der Waals surface area contributed by atoms with Crippen molar-refractivity contribution in [3.05, 3.63) is 0 Å². The van der Waals surface area contributed by atoms with Crippen LogP contribution in [-0.4, -0.2) is 30.8 Å². The fourth-order valence-corrected chi connectivity index (χ4v) is 1.52. The van der Waals surface area contributed by atoms with Crippen LogP contribution in [0.3, 0.4) is 0 Å². The van der Waals surface area contributed by atoms with Gasteiger partial charge < -0.3 is 5.11 Å². The van der Waals surface area contributed by atoms with Crippen LogP contribution >= 0.6 is 15.9 Å². The smallest absolute Gasteiger partial charge is 0.221 e. The monoisotopic (exact) mass is 231 g/mol. The van der Waals surface area contributed by atoms with E-state index in [0.29, 0.717) is 0 Å². The number of aliphatic hydroxyl groups excluding tert-OH is 1. The summed E-state index contributed by atoms with van der Waals surface area (Å²) in [5, 5.41) is 8.45. The Hall–Kier alpha value is 0.350. The molecule has 0 rings (SSSR count). The summed E-state index contributed by atoms with van der Waals surface area (Å²) < 4.78 is 23.5. The highest BCUT2D eigenvalue weighted by atomic mass is 79.9. The molecule has 0 heterocycles. The minimum absolute atomic E-state index is 0.135. The van der Waals surface area contributed by atoms with Gasteiger partial charge in [0, 0.05) is 6.04 Å². The Labute approximate surface area is 68.8 Å². The summed E-state index contributed by atoms with van der Waals surface area (Å²) in [6.07, 6.45) is 0. The van der Waals surface area contributed by atoms with Crippen molar-refractivity contribution in [1.82, 2.24) is 4.72 Å². The molecule has 4 nitrogen and oxygen atoms in total. The Bertz CT molecular complexity index is 179. The molecule has 0 amide bonds. The third kappa shape index (κ3) is 4.21. The van der Waals surface area contributed by atoms with Gasteiger partial charge in [0.15, 0.2) is 0 Å². The molecule has 0 bridgehead atoms. The zero-order chi connectivity index (χ0) is 8.20. The van der Waals surface area contributed by atoms with E-state index in [9.17, 15) is 8.42 Å². The molecule has 0 saturated heterocycles. The number of hydrogen-bond acceptors (Lipinski definition) is 3. The number of rotatable bonds is 4. The summed E-state index contributed by atoms with van der Waals surface area (Å²) in [5.41, 5.74) is 0. The minimum atomic E-state index is -3.22. The molecule has 0 fully saturated rings. The van der Waals surface area contributed by atoms with Gasteiger partial charge in [-0.3, -0.25) is 0 Å². The van der Waals surface area contributed by atoms with Crippen molar-refractivity contribution in [2.24, 2.45) is 0 Å². The van der Waals surface area contributed by atoms with E-state index in [1.807, 2.05) is 0 Å². The average Bonchev–Trinajstić information content (AvgIpc) is 1.87. The van der Waals surface area contributed by atoms with Crippen molar-refractivity contribution in [2.75, 3.05) is 11.3 Å². The van der Waals surface area contributed by atoms with Crippen LogP contribution in [0.1, 0.15) is 6.92 Å². The number of halogens is 1. The van der Waals surface area contributed by atoms with E-state index in [0.717, 1.165) is 0 Å². The fourth-order valence-electron chi connectivity index (χ4n) is 0.375. The first-order valence-electron chi connectivity index (χ1n) is 2.68. The van der Waals surface area contributed by atoms with Gasteiger partial charge in [-0.25, -0.2) is 13.1 Å². The van der Waals surface area contributed by atoms with E-state index in [1.165, 1.54) is 0 Å². The largest absolute Gasteiger partial charge is 0.395 e. The first-order chi connectivity index (χ1) is 4.52. The first kappa shape index (κ1) is 10.3. The Kier molecular flexibility index (Phi) is 4.42. The summed E-state index contributed by atoms with van der Waals surface area (Å²) in [5.74, 6) is 0. The molecule has 0 aromatic carbocycles. The van der Waals surface area contributed by atoms with Crippen molar-refractivity contribution in [3.8, 4) is 0 Å². The summed E-state index contributed by atoms with van der Waals surface area (Å²) in [6, 6.07) is -0.414. The normalized spacial score (nSPS) is 15.1. The second-order valence-electron chi connectivity index (χ2n) is 1.93. The lowest BCUT2D eigenvalue weighted by molar-refractivity contribution is 0.265. The van der Waals surface area contributed by atoms with Crippen LogP contribution in [0.25, 0.3) is 0 Å². The summed E-state index contributed by atoms with van der Waals surface area (Å²) in [4.78, 5) is 0. The predicted molar refractivity (Wildman–Crippen MR) is 42.4 cm³/mol. The minimum Gasteiger partial charge on any atom is -0.395 e. The molecule has 0 aliphatic heterocycles. The average molecular weight is 232 g/mol. The van der Waals surface area contributed by atoms with E-state index in [-0.39, 0.29) is 11.3 Å². The zero-order valence-corrected chi connectivity index (χ0v) is 7.94. The number of hydrogen-bond donors (Lipinski definition) is 2. The maximum Gasteiger partial charge on any atom is 0.221 e. The van der Waals surface area contributed by atoms with Crippen LogP contribution in [0, 0.1) is 0 Å². The molecular formula is C4H10BrNO3S. The molecule has 0 aliphatic rings. The molecule has 0 aliphatic carbocycles. The molecule has 0 radical (unpaired) electrons. The van der Waals surface area contributed by atoms with Crippen LogP contribution in [-0.2, 0) is 10.0 Å². The molecule has 0 spiro atoms. The fraction of sp³-hybridized carbons (Fsp3) is 1.00. The molecular weight excluding hydrogens is 222 g/mol. The van der Waals surface area contributed by atoms with Gasteiger partial charge in [0.1, 0.15) is 4.66 Å². The lowest BCUT2D eigenvalue weighted by atomic mass is 10.4. The molecule has 0 saturated carbocycles. The maximum absolute atomic E-state index is 10.7. The SMILES string of the molecule is C[C@H](CO)NS(=O)(=O)CBr. The maximum atomic E-state index is 10.7. The molecule has 0 aromatic rings. The molecule has 0 unspecified atom stereocenters. The van der Waals surface area contributed by atoms with E-state index < -0.39 is 16.1 Å². The topological polar surface area (TPSA) is 66.4 Å². The van der Waals surface area contributed by atoms with Crippen LogP contribution in [0.2, 0.25) is 0 Å². The van der Waals surface area contributed by atoms with Crippen LogP contribution in [0.5, 0.6) is 0 Å². The van der Waals surface area contributed by atoms with Gasteiger partial charge in [-0.2, -0.15) is 0 Å². The van der Waals surface area contributed by atoms with Gasteiger partial charge >= 0.3 is 0 Å².